The lowest BCUT2D eigenvalue weighted by Gasteiger charge is -2.19. The maximum Gasteiger partial charge on any atom is 0.306 e. The van der Waals surface area contributed by atoms with Crippen molar-refractivity contribution in [1.82, 2.24) is 10.6 Å². The van der Waals surface area contributed by atoms with E-state index < -0.39 is 0 Å². The van der Waals surface area contributed by atoms with Gasteiger partial charge in [0.1, 0.15) is 5.60 Å². The molecule has 1 fully saturated rings. The summed E-state index contributed by atoms with van der Waals surface area (Å²) in [5.74, 6) is 1.59. The van der Waals surface area contributed by atoms with E-state index in [0.717, 1.165) is 44.1 Å². The van der Waals surface area contributed by atoms with Gasteiger partial charge in [0.05, 0.1) is 0 Å². The molecule has 0 aromatic carbocycles. The monoisotopic (exact) mass is 439 g/mol. The highest BCUT2D eigenvalue weighted by molar-refractivity contribution is 14.0. The molecule has 2 unspecified atom stereocenters. The molecule has 0 bridgehead atoms. The maximum absolute atomic E-state index is 11.6. The second-order valence-electron chi connectivity index (χ2n) is 7.21. The molecule has 23 heavy (non-hydrogen) atoms. The lowest BCUT2D eigenvalue weighted by Crippen LogP contribution is -2.39. The zero-order chi connectivity index (χ0) is 16.6. The van der Waals surface area contributed by atoms with E-state index >= 15 is 0 Å². The molecule has 1 aliphatic rings. The Balaban J connectivity index is 0.00000484. The average molecular weight is 439 g/mol. The number of hydrogen-bond acceptors (Lipinski definition) is 3. The molecule has 0 amide bonds. The van der Waals surface area contributed by atoms with Crippen LogP contribution >= 0.6 is 24.0 Å². The summed E-state index contributed by atoms with van der Waals surface area (Å²) in [6.45, 7) is 8.88. The molecule has 0 aliphatic heterocycles. The zero-order valence-electron chi connectivity index (χ0n) is 15.3. The predicted octanol–water partition coefficient (Wildman–Crippen LogP) is 3.47. The first-order valence-electron chi connectivity index (χ1n) is 8.51. The number of halogens is 1. The highest BCUT2D eigenvalue weighted by Crippen LogP contribution is 2.28. The standard InChI is InChI=1S/C17H33N3O2.HI/c1-13-12-14(13)20-16(18-5)19-11-9-7-6-8-10-15(21)22-17(2,3)4;/h13-14H,6-12H2,1-5H3,(H2,18,19,20);1H. The van der Waals surface area contributed by atoms with Crippen molar-refractivity contribution in [3.05, 3.63) is 0 Å². The van der Waals surface area contributed by atoms with Crippen LogP contribution in [0.2, 0.25) is 0 Å². The van der Waals surface area contributed by atoms with Crippen LogP contribution in [0.25, 0.3) is 0 Å². The van der Waals surface area contributed by atoms with Crippen molar-refractivity contribution in [2.24, 2.45) is 10.9 Å². The first kappa shape index (κ1) is 22.5. The minimum atomic E-state index is -0.372. The molecule has 1 aliphatic carbocycles. The Labute approximate surface area is 158 Å². The zero-order valence-corrected chi connectivity index (χ0v) is 17.6. The molecule has 1 rings (SSSR count). The van der Waals surface area contributed by atoms with Crippen LogP contribution in [0.3, 0.4) is 0 Å². The number of carbonyl (C=O) groups is 1. The molecule has 2 N–H and O–H groups in total. The second-order valence-corrected chi connectivity index (χ2v) is 7.21. The number of unbranched alkanes of at least 4 members (excludes halogenated alkanes) is 3. The van der Waals surface area contributed by atoms with Crippen LogP contribution in [0.15, 0.2) is 4.99 Å². The summed E-state index contributed by atoms with van der Waals surface area (Å²) >= 11 is 0. The lowest BCUT2D eigenvalue weighted by atomic mass is 10.1. The molecular formula is C17H34IN3O2. The van der Waals surface area contributed by atoms with Crippen LogP contribution in [-0.2, 0) is 9.53 Å². The van der Waals surface area contributed by atoms with Crippen molar-refractivity contribution in [2.45, 2.75) is 77.9 Å². The fourth-order valence-corrected chi connectivity index (χ4v) is 2.24. The number of nitrogens with one attached hydrogen (secondary N) is 2. The van der Waals surface area contributed by atoms with Gasteiger partial charge in [-0.2, -0.15) is 0 Å². The van der Waals surface area contributed by atoms with Gasteiger partial charge >= 0.3 is 5.97 Å². The largest absolute Gasteiger partial charge is 0.460 e. The number of esters is 1. The quantitative estimate of drug-likeness (QED) is 0.200. The van der Waals surface area contributed by atoms with Crippen molar-refractivity contribution in [3.8, 4) is 0 Å². The van der Waals surface area contributed by atoms with Gasteiger partial charge in [-0.3, -0.25) is 9.79 Å². The number of guanidine groups is 1. The molecule has 6 heteroatoms. The molecule has 0 aromatic heterocycles. The minimum absolute atomic E-state index is 0. The first-order valence-corrected chi connectivity index (χ1v) is 8.51. The Bertz CT molecular complexity index is 381. The van der Waals surface area contributed by atoms with E-state index in [0.29, 0.717) is 12.5 Å². The van der Waals surface area contributed by atoms with E-state index in [4.69, 9.17) is 4.74 Å². The van der Waals surface area contributed by atoms with Gasteiger partial charge in [-0.05, 0) is 46.0 Å². The smallest absolute Gasteiger partial charge is 0.306 e. The summed E-state index contributed by atoms with van der Waals surface area (Å²) in [4.78, 5) is 15.8. The molecule has 136 valence electrons. The van der Waals surface area contributed by atoms with E-state index in [-0.39, 0.29) is 35.5 Å². The minimum Gasteiger partial charge on any atom is -0.460 e. The summed E-state index contributed by atoms with van der Waals surface area (Å²) in [6.07, 6.45) is 5.94. The van der Waals surface area contributed by atoms with Gasteiger partial charge in [-0.25, -0.2) is 0 Å². The molecule has 0 spiro atoms. The molecule has 1 saturated carbocycles. The van der Waals surface area contributed by atoms with Gasteiger partial charge in [0, 0.05) is 26.1 Å². The average Bonchev–Trinajstić information content (AvgIpc) is 3.09. The molecule has 2 atom stereocenters. The van der Waals surface area contributed by atoms with Gasteiger partial charge < -0.3 is 15.4 Å². The van der Waals surface area contributed by atoms with E-state index in [1.165, 1.54) is 6.42 Å². The van der Waals surface area contributed by atoms with E-state index in [1.807, 2.05) is 27.8 Å². The third kappa shape index (κ3) is 11.6. The summed E-state index contributed by atoms with van der Waals surface area (Å²) in [5, 5.41) is 6.75. The highest BCUT2D eigenvalue weighted by atomic mass is 127. The summed E-state index contributed by atoms with van der Waals surface area (Å²) in [5.41, 5.74) is -0.372. The lowest BCUT2D eigenvalue weighted by molar-refractivity contribution is -0.154. The Morgan fingerprint density at radius 3 is 2.35 bits per heavy atom. The summed E-state index contributed by atoms with van der Waals surface area (Å²) in [6, 6.07) is 0.597. The van der Waals surface area contributed by atoms with E-state index in [2.05, 4.69) is 22.5 Å². The SMILES string of the molecule is CN=C(NCCCCCCC(=O)OC(C)(C)C)NC1CC1C.I. The topological polar surface area (TPSA) is 62.7 Å². The van der Waals surface area contributed by atoms with Crippen LogP contribution in [0.5, 0.6) is 0 Å². The van der Waals surface area contributed by atoms with Crippen LogP contribution in [0.1, 0.15) is 66.2 Å². The van der Waals surface area contributed by atoms with Crippen LogP contribution in [0.4, 0.5) is 0 Å². The van der Waals surface area contributed by atoms with Crippen molar-refractivity contribution in [3.63, 3.8) is 0 Å². The fraction of sp³-hybridized carbons (Fsp3) is 0.882. The number of aliphatic imine (C=N–C) groups is 1. The van der Waals surface area contributed by atoms with Gasteiger partial charge in [0.25, 0.3) is 0 Å². The van der Waals surface area contributed by atoms with Crippen LogP contribution in [-0.4, -0.2) is 37.2 Å². The molecule has 0 aromatic rings. The second kappa shape index (κ2) is 11.1. The predicted molar refractivity (Wildman–Crippen MR) is 106 cm³/mol. The van der Waals surface area contributed by atoms with Crippen molar-refractivity contribution in [1.29, 1.82) is 0 Å². The highest BCUT2D eigenvalue weighted by Gasteiger charge is 2.33. The Kier molecular flexibility index (Phi) is 10.8. The third-order valence-electron chi connectivity index (χ3n) is 3.68. The Hall–Kier alpha value is -0.530. The molecule has 5 nitrogen and oxygen atoms in total. The van der Waals surface area contributed by atoms with E-state index in [9.17, 15) is 4.79 Å². The van der Waals surface area contributed by atoms with Crippen molar-refractivity contribution < 1.29 is 9.53 Å². The Morgan fingerprint density at radius 2 is 1.83 bits per heavy atom. The van der Waals surface area contributed by atoms with Gasteiger partial charge in [-0.1, -0.05) is 19.8 Å². The first-order chi connectivity index (χ1) is 10.3. The fourth-order valence-electron chi connectivity index (χ4n) is 2.24. The van der Waals surface area contributed by atoms with Gasteiger partial charge in [0.2, 0.25) is 0 Å². The van der Waals surface area contributed by atoms with Crippen LogP contribution in [0, 0.1) is 5.92 Å². The number of hydrogen-bond donors (Lipinski definition) is 2. The molecule has 0 heterocycles. The summed E-state index contributed by atoms with van der Waals surface area (Å²) in [7, 11) is 1.81. The normalized spacial score (nSPS) is 20.5. The molecular weight excluding hydrogens is 405 g/mol. The number of carbonyl (C=O) groups excluding carboxylic acids is 1. The number of ether oxygens (including phenoxy) is 1. The summed E-state index contributed by atoms with van der Waals surface area (Å²) < 4.78 is 5.29. The molecule has 0 saturated heterocycles. The Morgan fingerprint density at radius 1 is 1.22 bits per heavy atom. The van der Waals surface area contributed by atoms with Gasteiger partial charge in [0.15, 0.2) is 5.96 Å². The maximum atomic E-state index is 11.6. The number of nitrogens with zero attached hydrogens (tertiary/aromatic N) is 1. The van der Waals surface area contributed by atoms with Crippen molar-refractivity contribution >= 4 is 35.9 Å². The number of rotatable bonds is 8. The van der Waals surface area contributed by atoms with Crippen molar-refractivity contribution in [2.75, 3.05) is 13.6 Å². The van der Waals surface area contributed by atoms with E-state index in [1.54, 1.807) is 0 Å². The third-order valence-corrected chi connectivity index (χ3v) is 3.68. The molecule has 0 radical (unpaired) electrons. The van der Waals surface area contributed by atoms with Crippen LogP contribution < -0.4 is 10.6 Å². The van der Waals surface area contributed by atoms with Gasteiger partial charge in [-0.15, -0.1) is 24.0 Å².